The molecule has 0 saturated heterocycles. The number of ether oxygens (including phenoxy) is 1. The Hall–Kier alpha value is -5.12. The molecule has 3 heterocycles. The molecule has 1 N–H and O–H groups in total. The van der Waals surface area contributed by atoms with E-state index in [0.717, 1.165) is 53.2 Å². The van der Waals surface area contributed by atoms with Gasteiger partial charge in [-0.2, -0.15) is 5.21 Å². The monoisotopic (exact) mass is 575 g/mol. The van der Waals surface area contributed by atoms with Gasteiger partial charge in [0.05, 0.1) is 18.5 Å². The minimum Gasteiger partial charge on any atom is -0.467 e. The van der Waals surface area contributed by atoms with Crippen LogP contribution in [0.15, 0.2) is 78.9 Å². The molecule has 1 aliphatic rings. The van der Waals surface area contributed by atoms with Gasteiger partial charge in [0.15, 0.2) is 5.54 Å². The van der Waals surface area contributed by atoms with Crippen molar-refractivity contribution < 1.29 is 14.3 Å². The van der Waals surface area contributed by atoms with Crippen LogP contribution >= 0.6 is 0 Å². The minimum atomic E-state index is -1.39. The standard InChI is InChI=1S/C33H33N7O3/c1-4-5-15-28-34-27-20-21-39(31(41)23-11-7-6-8-12-23)33(2,32(42)43-3)29(27)40(28)24-18-16-22(17-19-24)25-13-9-10-14-26(25)30-35-37-38-36-30/h6-14,16-19H,4-5,15,20-21H2,1-3H3,(H,35,36,37,38). The molecule has 0 radical (unpaired) electrons. The van der Waals surface area contributed by atoms with E-state index in [4.69, 9.17) is 9.72 Å². The lowest BCUT2D eigenvalue weighted by molar-refractivity contribution is -0.154. The van der Waals surface area contributed by atoms with Gasteiger partial charge in [-0.1, -0.05) is 67.9 Å². The van der Waals surface area contributed by atoms with Crippen LogP contribution < -0.4 is 0 Å². The SMILES string of the molecule is CCCCc1nc2c(n1-c1ccc(-c3ccccc3-c3nn[nH]n3)cc1)C(C)(C(=O)OC)N(C(=O)c1ccccc1)CC2. The Bertz CT molecular complexity index is 1750. The number of carbonyl (C=O) groups excluding carboxylic acids is 2. The van der Waals surface area contributed by atoms with Crippen molar-refractivity contribution in [1.29, 1.82) is 0 Å². The highest BCUT2D eigenvalue weighted by Crippen LogP contribution is 2.40. The third-order valence-corrected chi connectivity index (χ3v) is 8.14. The van der Waals surface area contributed by atoms with Crippen LogP contribution in [0.2, 0.25) is 0 Å². The number of carbonyl (C=O) groups is 2. The summed E-state index contributed by atoms with van der Waals surface area (Å²) in [5.41, 5.74) is 4.26. The van der Waals surface area contributed by atoms with Crippen LogP contribution in [-0.4, -0.2) is 60.6 Å². The van der Waals surface area contributed by atoms with Crippen LogP contribution in [0.1, 0.15) is 54.3 Å². The number of aromatic amines is 1. The summed E-state index contributed by atoms with van der Waals surface area (Å²) < 4.78 is 7.44. The Morgan fingerprint density at radius 1 is 0.977 bits per heavy atom. The van der Waals surface area contributed by atoms with E-state index in [1.165, 1.54) is 7.11 Å². The number of aryl methyl sites for hydroxylation is 1. The molecule has 1 amide bonds. The number of imidazole rings is 1. The van der Waals surface area contributed by atoms with Crippen molar-refractivity contribution in [1.82, 2.24) is 35.1 Å². The van der Waals surface area contributed by atoms with E-state index in [1.807, 2.05) is 66.7 Å². The first-order chi connectivity index (χ1) is 21.0. The molecule has 43 heavy (non-hydrogen) atoms. The number of tetrazole rings is 1. The molecule has 0 fully saturated rings. The van der Waals surface area contributed by atoms with Crippen LogP contribution in [0.25, 0.3) is 28.2 Å². The number of amides is 1. The number of fused-ring (bicyclic) bond motifs is 1. The smallest absolute Gasteiger partial charge is 0.337 e. The molecule has 1 unspecified atom stereocenters. The first-order valence-electron chi connectivity index (χ1n) is 14.5. The molecule has 6 rings (SSSR count). The van der Waals surface area contributed by atoms with Crippen molar-refractivity contribution in [2.45, 2.75) is 45.1 Å². The molecule has 1 aliphatic heterocycles. The first kappa shape index (κ1) is 28.0. The third-order valence-electron chi connectivity index (χ3n) is 8.14. The summed E-state index contributed by atoms with van der Waals surface area (Å²) in [4.78, 5) is 34.3. The van der Waals surface area contributed by atoms with Crippen molar-refractivity contribution in [3.63, 3.8) is 0 Å². The second-order valence-corrected chi connectivity index (χ2v) is 10.7. The van der Waals surface area contributed by atoms with E-state index in [9.17, 15) is 9.59 Å². The molecule has 0 bridgehead atoms. The first-order valence-corrected chi connectivity index (χ1v) is 14.5. The molecule has 218 valence electrons. The third kappa shape index (κ3) is 4.88. The summed E-state index contributed by atoms with van der Waals surface area (Å²) in [6.07, 6.45) is 3.20. The zero-order valence-electron chi connectivity index (χ0n) is 24.4. The molecule has 0 aliphatic carbocycles. The number of methoxy groups -OCH3 is 1. The number of unbranched alkanes of at least 4 members (excludes halogenated alkanes) is 1. The molecule has 0 spiro atoms. The summed E-state index contributed by atoms with van der Waals surface area (Å²) >= 11 is 0. The number of nitrogens with one attached hydrogen (secondary N) is 1. The van der Waals surface area contributed by atoms with Crippen molar-refractivity contribution >= 4 is 11.9 Å². The molecule has 2 aromatic heterocycles. The van der Waals surface area contributed by atoms with E-state index in [2.05, 4.69) is 32.1 Å². The van der Waals surface area contributed by atoms with Gasteiger partial charge in [-0.25, -0.2) is 9.78 Å². The molecule has 5 aromatic rings. The lowest BCUT2D eigenvalue weighted by Crippen LogP contribution is -2.57. The highest BCUT2D eigenvalue weighted by atomic mass is 16.5. The predicted octanol–water partition coefficient (Wildman–Crippen LogP) is 5.15. The number of H-pyrrole nitrogens is 1. The van der Waals surface area contributed by atoms with Crippen molar-refractivity contribution in [2.75, 3.05) is 13.7 Å². The number of aromatic nitrogens is 6. The fourth-order valence-electron chi connectivity index (χ4n) is 5.98. The predicted molar refractivity (Wildman–Crippen MR) is 161 cm³/mol. The van der Waals surface area contributed by atoms with Crippen LogP contribution in [0.5, 0.6) is 0 Å². The maximum atomic E-state index is 13.9. The quantitative estimate of drug-likeness (QED) is 0.254. The molecular weight excluding hydrogens is 542 g/mol. The van der Waals surface area contributed by atoms with Crippen LogP contribution in [0, 0.1) is 0 Å². The lowest BCUT2D eigenvalue weighted by atomic mass is 9.87. The summed E-state index contributed by atoms with van der Waals surface area (Å²) in [6, 6.07) is 25.1. The maximum absolute atomic E-state index is 13.9. The van der Waals surface area contributed by atoms with Gasteiger partial charge in [0.25, 0.3) is 5.91 Å². The zero-order chi connectivity index (χ0) is 30.0. The summed E-state index contributed by atoms with van der Waals surface area (Å²) in [7, 11) is 1.36. The second-order valence-electron chi connectivity index (χ2n) is 10.7. The van der Waals surface area contributed by atoms with Gasteiger partial charge in [-0.3, -0.25) is 9.36 Å². The number of hydrogen-bond acceptors (Lipinski definition) is 7. The summed E-state index contributed by atoms with van der Waals surface area (Å²) in [5, 5.41) is 14.6. The van der Waals surface area contributed by atoms with Crippen molar-refractivity contribution in [3.8, 4) is 28.2 Å². The summed E-state index contributed by atoms with van der Waals surface area (Å²) in [5.74, 6) is 0.639. The fourth-order valence-corrected chi connectivity index (χ4v) is 5.98. The van der Waals surface area contributed by atoms with Crippen LogP contribution in [0.4, 0.5) is 0 Å². The molecule has 3 aromatic carbocycles. The van der Waals surface area contributed by atoms with Crippen molar-refractivity contribution in [2.24, 2.45) is 0 Å². The maximum Gasteiger partial charge on any atom is 0.337 e. The molecular formula is C33H33N7O3. The zero-order valence-corrected chi connectivity index (χ0v) is 24.4. The van der Waals surface area contributed by atoms with E-state index in [1.54, 1.807) is 24.0 Å². The average Bonchev–Trinajstić information content (AvgIpc) is 3.73. The number of esters is 1. The van der Waals surface area contributed by atoms with Gasteiger partial charge in [-0.15, -0.1) is 10.2 Å². The van der Waals surface area contributed by atoms with E-state index >= 15 is 0 Å². The Morgan fingerprint density at radius 3 is 2.37 bits per heavy atom. The summed E-state index contributed by atoms with van der Waals surface area (Å²) in [6.45, 7) is 4.26. The van der Waals surface area contributed by atoms with Gasteiger partial charge >= 0.3 is 5.97 Å². The molecule has 0 saturated carbocycles. The Balaban J connectivity index is 1.49. The fraction of sp³-hybridized carbons (Fsp3) is 0.273. The van der Waals surface area contributed by atoms with Gasteiger partial charge in [0, 0.05) is 36.2 Å². The second kappa shape index (κ2) is 11.6. The molecule has 10 nitrogen and oxygen atoms in total. The number of nitrogens with zero attached hydrogens (tertiary/aromatic N) is 6. The Kier molecular flexibility index (Phi) is 7.58. The lowest BCUT2D eigenvalue weighted by Gasteiger charge is -2.42. The highest BCUT2D eigenvalue weighted by Gasteiger charge is 2.52. The number of rotatable bonds is 8. The Labute approximate surface area is 249 Å². The van der Waals surface area contributed by atoms with Crippen molar-refractivity contribution in [3.05, 3.63) is 102 Å². The Morgan fingerprint density at radius 2 is 1.70 bits per heavy atom. The van der Waals surface area contributed by atoms with E-state index in [0.29, 0.717) is 30.0 Å². The molecule has 10 heteroatoms. The van der Waals surface area contributed by atoms with Crippen LogP contribution in [-0.2, 0) is 27.9 Å². The number of hydrogen-bond donors (Lipinski definition) is 1. The van der Waals surface area contributed by atoms with Gasteiger partial charge in [0.1, 0.15) is 5.82 Å². The number of benzene rings is 3. The van der Waals surface area contributed by atoms with Gasteiger partial charge in [-0.05, 0) is 54.0 Å². The van der Waals surface area contributed by atoms with Gasteiger partial charge in [0.2, 0.25) is 5.82 Å². The van der Waals surface area contributed by atoms with E-state index < -0.39 is 11.5 Å². The van der Waals surface area contributed by atoms with Gasteiger partial charge < -0.3 is 9.64 Å². The normalized spacial score (nSPS) is 16.1. The average molecular weight is 576 g/mol. The van der Waals surface area contributed by atoms with E-state index in [-0.39, 0.29) is 5.91 Å². The molecule has 1 atom stereocenters. The van der Waals surface area contributed by atoms with Crippen LogP contribution in [0.3, 0.4) is 0 Å². The largest absolute Gasteiger partial charge is 0.467 e. The highest BCUT2D eigenvalue weighted by molar-refractivity contribution is 5.98. The topological polar surface area (TPSA) is 119 Å². The minimum absolute atomic E-state index is 0.226.